The number of aliphatic hydroxyl groups is 1. The summed E-state index contributed by atoms with van der Waals surface area (Å²) in [6.45, 7) is 4.43. The molecule has 1 aromatic rings. The van der Waals surface area contributed by atoms with Crippen molar-refractivity contribution in [3.05, 3.63) is 29.8 Å². The normalized spacial score (nSPS) is 14.9. The van der Waals surface area contributed by atoms with Crippen LogP contribution >= 0.6 is 0 Å². The molecule has 0 saturated carbocycles. The number of nitrogens with two attached hydrogens (primary N) is 1. The van der Waals surface area contributed by atoms with E-state index < -0.39 is 5.60 Å². The molecule has 3 nitrogen and oxygen atoms in total. The Kier molecular flexibility index (Phi) is 3.49. The van der Waals surface area contributed by atoms with Gasteiger partial charge >= 0.3 is 0 Å². The molecule has 3 N–H and O–H groups in total. The molecule has 0 bridgehead atoms. The Morgan fingerprint density at radius 2 is 2.21 bits per heavy atom. The van der Waals surface area contributed by atoms with E-state index in [2.05, 4.69) is 0 Å². The highest BCUT2D eigenvalue weighted by Crippen LogP contribution is 2.23. The first-order valence-corrected chi connectivity index (χ1v) is 4.76. The van der Waals surface area contributed by atoms with Crippen molar-refractivity contribution in [2.24, 2.45) is 5.73 Å². The molecule has 0 spiro atoms. The predicted molar refractivity (Wildman–Crippen MR) is 56.2 cm³/mol. The van der Waals surface area contributed by atoms with Gasteiger partial charge in [-0.3, -0.25) is 0 Å². The van der Waals surface area contributed by atoms with Gasteiger partial charge in [0, 0.05) is 6.54 Å². The fourth-order valence-electron chi connectivity index (χ4n) is 1.21. The highest BCUT2D eigenvalue weighted by Gasteiger charge is 2.20. The van der Waals surface area contributed by atoms with Gasteiger partial charge in [-0.25, -0.2) is 0 Å². The van der Waals surface area contributed by atoms with Crippen LogP contribution in [-0.4, -0.2) is 18.3 Å². The van der Waals surface area contributed by atoms with E-state index >= 15 is 0 Å². The molecule has 0 aliphatic carbocycles. The third kappa shape index (κ3) is 2.47. The van der Waals surface area contributed by atoms with Gasteiger partial charge in [-0.15, -0.1) is 0 Å². The lowest BCUT2D eigenvalue weighted by Crippen LogP contribution is -2.31. The monoisotopic (exact) mass is 195 g/mol. The smallest absolute Gasteiger partial charge is 0.119 e. The van der Waals surface area contributed by atoms with E-state index in [0.717, 1.165) is 11.3 Å². The minimum Gasteiger partial charge on any atom is -0.494 e. The van der Waals surface area contributed by atoms with Gasteiger partial charge in [-0.1, -0.05) is 12.1 Å². The van der Waals surface area contributed by atoms with Crippen LogP contribution in [0.1, 0.15) is 19.4 Å². The molecular formula is C11H17NO2. The van der Waals surface area contributed by atoms with Gasteiger partial charge in [0.05, 0.1) is 12.2 Å². The van der Waals surface area contributed by atoms with E-state index in [9.17, 15) is 5.11 Å². The minimum atomic E-state index is -0.979. The summed E-state index contributed by atoms with van der Waals surface area (Å²) in [6, 6.07) is 7.37. The second-order valence-electron chi connectivity index (χ2n) is 3.44. The third-order valence-electron chi connectivity index (χ3n) is 2.16. The summed E-state index contributed by atoms with van der Waals surface area (Å²) in [5.41, 5.74) is 5.28. The third-order valence-corrected chi connectivity index (χ3v) is 2.16. The summed E-state index contributed by atoms with van der Waals surface area (Å²) < 4.78 is 5.33. The SMILES string of the molecule is CCOc1cccc([C@](C)(O)CN)c1. The summed E-state index contributed by atoms with van der Waals surface area (Å²) in [6.07, 6.45) is 0. The average Bonchev–Trinajstić information content (AvgIpc) is 2.19. The summed E-state index contributed by atoms with van der Waals surface area (Å²) in [5, 5.41) is 9.91. The predicted octanol–water partition coefficient (Wildman–Crippen LogP) is 1.25. The first-order valence-electron chi connectivity index (χ1n) is 4.76. The largest absolute Gasteiger partial charge is 0.494 e. The van der Waals surface area contributed by atoms with Crippen LogP contribution in [0, 0.1) is 0 Å². The Hall–Kier alpha value is -1.06. The molecule has 0 saturated heterocycles. The Balaban J connectivity index is 2.93. The quantitative estimate of drug-likeness (QED) is 0.760. The molecule has 0 aliphatic rings. The number of ether oxygens (including phenoxy) is 1. The van der Waals surface area contributed by atoms with E-state index in [4.69, 9.17) is 10.5 Å². The fourth-order valence-corrected chi connectivity index (χ4v) is 1.21. The first-order chi connectivity index (χ1) is 6.60. The number of benzene rings is 1. The van der Waals surface area contributed by atoms with Crippen LogP contribution < -0.4 is 10.5 Å². The molecular weight excluding hydrogens is 178 g/mol. The van der Waals surface area contributed by atoms with Crippen LogP contribution in [0.3, 0.4) is 0 Å². The van der Waals surface area contributed by atoms with E-state index in [0.29, 0.717) is 6.61 Å². The van der Waals surface area contributed by atoms with Crippen molar-refractivity contribution >= 4 is 0 Å². The van der Waals surface area contributed by atoms with Crippen LogP contribution in [0.25, 0.3) is 0 Å². The molecule has 1 rings (SSSR count). The zero-order valence-corrected chi connectivity index (χ0v) is 8.66. The van der Waals surface area contributed by atoms with Crippen molar-refractivity contribution < 1.29 is 9.84 Å². The molecule has 78 valence electrons. The van der Waals surface area contributed by atoms with E-state index in [1.165, 1.54) is 0 Å². The lowest BCUT2D eigenvalue weighted by Gasteiger charge is -2.22. The maximum atomic E-state index is 9.91. The van der Waals surface area contributed by atoms with E-state index in [1.54, 1.807) is 6.92 Å². The Labute approximate surface area is 84.5 Å². The van der Waals surface area contributed by atoms with Gasteiger partial charge in [0.2, 0.25) is 0 Å². The van der Waals surface area contributed by atoms with Gasteiger partial charge < -0.3 is 15.6 Å². The maximum absolute atomic E-state index is 9.91. The summed E-state index contributed by atoms with van der Waals surface area (Å²) in [7, 11) is 0. The zero-order valence-electron chi connectivity index (χ0n) is 8.66. The first kappa shape index (κ1) is 11.0. The summed E-state index contributed by atoms with van der Waals surface area (Å²) in [4.78, 5) is 0. The highest BCUT2D eigenvalue weighted by atomic mass is 16.5. The van der Waals surface area contributed by atoms with Crippen LogP contribution in [0.15, 0.2) is 24.3 Å². The maximum Gasteiger partial charge on any atom is 0.119 e. The Morgan fingerprint density at radius 1 is 1.50 bits per heavy atom. The van der Waals surface area contributed by atoms with Gasteiger partial charge in [0.25, 0.3) is 0 Å². The van der Waals surface area contributed by atoms with Crippen molar-refractivity contribution in [1.82, 2.24) is 0 Å². The van der Waals surface area contributed by atoms with Crippen LogP contribution in [0.5, 0.6) is 5.75 Å². The molecule has 3 heteroatoms. The molecule has 1 aromatic carbocycles. The molecule has 0 heterocycles. The Morgan fingerprint density at radius 3 is 2.79 bits per heavy atom. The van der Waals surface area contributed by atoms with Crippen LogP contribution in [0.4, 0.5) is 0 Å². The standard InChI is InChI=1S/C11H17NO2/c1-3-14-10-6-4-5-9(7-10)11(2,13)8-12/h4-7,13H,3,8,12H2,1-2H3/t11-/m1/s1. The van der Waals surface area contributed by atoms with Gasteiger partial charge in [-0.05, 0) is 31.5 Å². The van der Waals surface area contributed by atoms with Crippen molar-refractivity contribution in [2.45, 2.75) is 19.4 Å². The van der Waals surface area contributed by atoms with Crippen molar-refractivity contribution in [2.75, 3.05) is 13.2 Å². The molecule has 0 radical (unpaired) electrons. The lowest BCUT2D eigenvalue weighted by molar-refractivity contribution is 0.0665. The zero-order chi connectivity index (χ0) is 10.6. The molecule has 14 heavy (non-hydrogen) atoms. The van der Waals surface area contributed by atoms with Crippen molar-refractivity contribution in [3.63, 3.8) is 0 Å². The van der Waals surface area contributed by atoms with Crippen LogP contribution in [-0.2, 0) is 5.60 Å². The number of rotatable bonds is 4. The van der Waals surface area contributed by atoms with Gasteiger partial charge in [-0.2, -0.15) is 0 Å². The molecule has 0 aromatic heterocycles. The van der Waals surface area contributed by atoms with Gasteiger partial charge in [0.1, 0.15) is 5.75 Å². The van der Waals surface area contributed by atoms with E-state index in [1.807, 2.05) is 31.2 Å². The van der Waals surface area contributed by atoms with Gasteiger partial charge in [0.15, 0.2) is 0 Å². The van der Waals surface area contributed by atoms with Crippen molar-refractivity contribution in [3.8, 4) is 5.75 Å². The second-order valence-corrected chi connectivity index (χ2v) is 3.44. The van der Waals surface area contributed by atoms with Crippen molar-refractivity contribution in [1.29, 1.82) is 0 Å². The topological polar surface area (TPSA) is 55.5 Å². The minimum absolute atomic E-state index is 0.197. The highest BCUT2D eigenvalue weighted by molar-refractivity contribution is 5.32. The van der Waals surface area contributed by atoms with E-state index in [-0.39, 0.29) is 6.54 Å². The lowest BCUT2D eigenvalue weighted by atomic mass is 9.96. The second kappa shape index (κ2) is 4.44. The molecule has 0 unspecified atom stereocenters. The van der Waals surface area contributed by atoms with Crippen LogP contribution in [0.2, 0.25) is 0 Å². The number of hydrogen-bond donors (Lipinski definition) is 2. The molecule has 0 fully saturated rings. The number of hydrogen-bond acceptors (Lipinski definition) is 3. The Bertz CT molecular complexity index is 297. The molecule has 0 aliphatic heterocycles. The molecule has 1 atom stereocenters. The average molecular weight is 195 g/mol. The molecule has 0 amide bonds. The summed E-state index contributed by atoms with van der Waals surface area (Å²) >= 11 is 0. The summed E-state index contributed by atoms with van der Waals surface area (Å²) in [5.74, 6) is 0.763. The fraction of sp³-hybridized carbons (Fsp3) is 0.455.